The number of benzene rings is 2. The van der Waals surface area contributed by atoms with Gasteiger partial charge in [0.25, 0.3) is 0 Å². The van der Waals surface area contributed by atoms with E-state index in [4.69, 9.17) is 0 Å². The first-order valence-electron chi connectivity index (χ1n) is 15.3. The third-order valence-corrected chi connectivity index (χ3v) is 10.1. The van der Waals surface area contributed by atoms with Crippen molar-refractivity contribution in [2.45, 2.75) is 90.1 Å². The lowest BCUT2D eigenvalue weighted by molar-refractivity contribution is 0.0340. The number of hydrogen-bond donors (Lipinski definition) is 3. The Morgan fingerprint density at radius 2 is 1.39 bits per heavy atom. The minimum absolute atomic E-state index is 0.0743. The van der Waals surface area contributed by atoms with Gasteiger partial charge >= 0.3 is 12.2 Å². The number of likely N-dealkylation sites (tertiary alicyclic amines) is 2. The van der Waals surface area contributed by atoms with Gasteiger partial charge in [0.05, 0.1) is 5.69 Å². The highest BCUT2D eigenvalue weighted by Crippen LogP contribution is 2.50. The van der Waals surface area contributed by atoms with Crippen LogP contribution in [0.2, 0.25) is 0 Å². The molecule has 6 rings (SSSR count). The highest BCUT2D eigenvalue weighted by molar-refractivity contribution is 5.86. The monoisotopic (exact) mass is 610 g/mol. The van der Waals surface area contributed by atoms with Gasteiger partial charge in [-0.25, -0.2) is 18.4 Å². The Labute approximate surface area is 258 Å². The summed E-state index contributed by atoms with van der Waals surface area (Å²) in [5.74, 6) is -0.494. The van der Waals surface area contributed by atoms with Crippen LogP contribution in [0, 0.1) is 22.5 Å². The van der Waals surface area contributed by atoms with E-state index in [1.54, 1.807) is 29.2 Å². The maximum Gasteiger partial charge on any atom is 0.407 e. The molecule has 8 nitrogen and oxygen atoms in total. The number of fused-ring (bicyclic) bond motifs is 4. The Morgan fingerprint density at radius 1 is 0.841 bits per heavy atom. The Kier molecular flexibility index (Phi) is 7.96. The first-order valence-corrected chi connectivity index (χ1v) is 15.3. The van der Waals surface area contributed by atoms with Gasteiger partial charge in [-0.1, -0.05) is 41.5 Å². The molecular weight excluding hydrogens is 566 g/mol. The van der Waals surface area contributed by atoms with E-state index in [0.717, 1.165) is 41.9 Å². The smallest absolute Gasteiger partial charge is 0.407 e. The minimum atomic E-state index is -0.885. The van der Waals surface area contributed by atoms with Gasteiger partial charge in [-0.2, -0.15) is 0 Å². The van der Waals surface area contributed by atoms with Gasteiger partial charge in [-0.05, 0) is 84.0 Å². The van der Waals surface area contributed by atoms with Crippen LogP contribution < -0.4 is 5.32 Å². The van der Waals surface area contributed by atoms with Gasteiger partial charge in [0.2, 0.25) is 0 Å². The van der Waals surface area contributed by atoms with Crippen molar-refractivity contribution in [2.24, 2.45) is 15.8 Å². The maximum atomic E-state index is 13.7. The van der Waals surface area contributed by atoms with Crippen molar-refractivity contribution in [3.8, 4) is 0 Å². The third-order valence-electron chi connectivity index (χ3n) is 10.1. The number of rotatable bonds is 0. The molecule has 2 aromatic rings. The zero-order valence-corrected chi connectivity index (χ0v) is 26.5. The van der Waals surface area contributed by atoms with Crippen LogP contribution in [0.1, 0.15) is 78.4 Å². The molecule has 3 N–H and O–H groups in total. The van der Waals surface area contributed by atoms with Crippen LogP contribution in [-0.2, 0) is 10.8 Å². The van der Waals surface area contributed by atoms with Gasteiger partial charge in [-0.15, -0.1) is 0 Å². The Balaban J connectivity index is 0.000000175. The summed E-state index contributed by atoms with van der Waals surface area (Å²) in [6.07, 6.45) is 2.90. The van der Waals surface area contributed by atoms with Gasteiger partial charge < -0.3 is 25.3 Å². The van der Waals surface area contributed by atoms with E-state index in [1.807, 2.05) is 27.0 Å². The maximum absolute atomic E-state index is 13.7. The fourth-order valence-corrected chi connectivity index (χ4v) is 7.63. The van der Waals surface area contributed by atoms with Crippen molar-refractivity contribution in [3.63, 3.8) is 0 Å². The predicted molar refractivity (Wildman–Crippen MR) is 167 cm³/mol. The first kappa shape index (κ1) is 31.7. The first-order chi connectivity index (χ1) is 20.5. The average molecular weight is 611 g/mol. The molecule has 0 bridgehead atoms. The molecule has 0 aromatic heterocycles. The Morgan fingerprint density at radius 3 is 1.98 bits per heavy atom. The molecule has 10 heteroatoms. The highest BCUT2D eigenvalue weighted by Gasteiger charge is 2.50. The summed E-state index contributed by atoms with van der Waals surface area (Å²) in [6, 6.07) is 9.35. The lowest BCUT2D eigenvalue weighted by Gasteiger charge is -2.49. The second-order valence-corrected chi connectivity index (χ2v) is 15.0. The second kappa shape index (κ2) is 11.0. The molecule has 2 spiro atoms. The molecule has 0 radical (unpaired) electrons. The molecular formula is C34H44F2N4O4. The SMILES string of the molecule is CC(C)(C)C1CC2(C=Nc3ccc(F)cc32)CCN1C(=O)O.CC(C)(C)C1CC2(CCN1C(=O)O)CNc1ccc(F)cc12. The molecule has 4 aliphatic heterocycles. The van der Waals surface area contributed by atoms with E-state index < -0.39 is 12.2 Å². The standard InChI is InChI=1S/C17H23FN2O2.C17H21FN2O2/c2*1-16(2,3)14-9-17(6-7-20(14)15(21)22)10-19-13-5-4-11(18)8-12(13)17/h4-5,8,14,19H,6-7,9-10H2,1-3H3,(H,21,22);4-5,8,10,14H,6-7,9H2,1-3H3,(H,21,22). The fourth-order valence-electron chi connectivity index (χ4n) is 7.63. The summed E-state index contributed by atoms with van der Waals surface area (Å²) in [6.45, 7) is 14.0. The van der Waals surface area contributed by atoms with Gasteiger partial charge in [-0.3, -0.25) is 4.99 Å². The Bertz CT molecular complexity index is 1470. The molecule has 2 saturated heterocycles. The molecule has 4 aliphatic rings. The number of anilines is 1. The molecule has 2 fully saturated rings. The number of piperidine rings is 2. The zero-order valence-electron chi connectivity index (χ0n) is 26.5. The van der Waals surface area contributed by atoms with E-state index in [9.17, 15) is 28.6 Å². The summed E-state index contributed by atoms with van der Waals surface area (Å²) in [4.78, 5) is 30.6. The van der Waals surface area contributed by atoms with Gasteiger partial charge in [0.1, 0.15) is 11.6 Å². The number of nitrogens with one attached hydrogen (secondary N) is 1. The van der Waals surface area contributed by atoms with E-state index in [-0.39, 0.29) is 45.4 Å². The van der Waals surface area contributed by atoms with Crippen LogP contribution in [0.3, 0.4) is 0 Å². The predicted octanol–water partition coefficient (Wildman–Crippen LogP) is 7.65. The van der Waals surface area contributed by atoms with Crippen molar-refractivity contribution in [1.82, 2.24) is 9.80 Å². The molecule has 2 aromatic carbocycles. The molecule has 2 amide bonds. The molecule has 44 heavy (non-hydrogen) atoms. The van der Waals surface area contributed by atoms with Crippen LogP contribution in [0.25, 0.3) is 0 Å². The van der Waals surface area contributed by atoms with Crippen LogP contribution in [-0.4, -0.2) is 70.1 Å². The quantitative estimate of drug-likeness (QED) is 0.284. The number of aliphatic imine (C=N–C) groups is 1. The minimum Gasteiger partial charge on any atom is -0.465 e. The number of carboxylic acid groups (broad SMARTS) is 2. The lowest BCUT2D eigenvalue weighted by atomic mass is 9.66. The normalized spacial score (nSPS) is 27.5. The van der Waals surface area contributed by atoms with Gasteiger partial charge in [0.15, 0.2) is 0 Å². The molecule has 238 valence electrons. The fraction of sp³-hybridized carbons (Fsp3) is 0.559. The van der Waals surface area contributed by atoms with Crippen LogP contribution in [0.15, 0.2) is 41.4 Å². The average Bonchev–Trinajstić information content (AvgIpc) is 3.45. The molecule has 0 saturated carbocycles. The van der Waals surface area contributed by atoms with E-state index in [2.05, 4.69) is 31.1 Å². The van der Waals surface area contributed by atoms with Crippen LogP contribution in [0.4, 0.5) is 29.7 Å². The van der Waals surface area contributed by atoms with Crippen LogP contribution in [0.5, 0.6) is 0 Å². The molecule has 4 atom stereocenters. The second-order valence-electron chi connectivity index (χ2n) is 15.0. The number of hydrogen-bond acceptors (Lipinski definition) is 4. The largest absolute Gasteiger partial charge is 0.465 e. The topological polar surface area (TPSA) is 105 Å². The molecule has 4 heterocycles. The summed E-state index contributed by atoms with van der Waals surface area (Å²) in [5, 5.41) is 22.3. The summed E-state index contributed by atoms with van der Waals surface area (Å²) >= 11 is 0. The third kappa shape index (κ3) is 5.75. The van der Waals surface area contributed by atoms with Crippen molar-refractivity contribution >= 4 is 29.8 Å². The van der Waals surface area contributed by atoms with Crippen molar-refractivity contribution in [2.75, 3.05) is 25.0 Å². The zero-order chi connectivity index (χ0) is 32.2. The van der Waals surface area contributed by atoms with Crippen LogP contribution >= 0.6 is 0 Å². The van der Waals surface area contributed by atoms with Gasteiger partial charge in [0, 0.05) is 54.4 Å². The Hall–Kier alpha value is -3.69. The molecule has 0 aliphatic carbocycles. The van der Waals surface area contributed by atoms with Crippen molar-refractivity contribution in [3.05, 3.63) is 59.2 Å². The number of halogens is 2. The van der Waals surface area contributed by atoms with Crippen molar-refractivity contribution < 1.29 is 28.6 Å². The van der Waals surface area contributed by atoms with Crippen molar-refractivity contribution in [1.29, 1.82) is 0 Å². The number of nitrogens with zero attached hydrogens (tertiary/aromatic N) is 3. The highest BCUT2D eigenvalue weighted by atomic mass is 19.1. The number of carbonyl (C=O) groups is 2. The number of amides is 2. The van der Waals surface area contributed by atoms with E-state index in [1.165, 1.54) is 17.0 Å². The lowest BCUT2D eigenvalue weighted by Crippen LogP contribution is -2.56. The molecule has 4 unspecified atom stereocenters. The summed E-state index contributed by atoms with van der Waals surface area (Å²) < 4.78 is 27.4. The van der Waals surface area contributed by atoms with E-state index >= 15 is 0 Å². The summed E-state index contributed by atoms with van der Waals surface area (Å²) in [7, 11) is 0. The summed E-state index contributed by atoms with van der Waals surface area (Å²) in [5.41, 5.74) is 2.84. The van der Waals surface area contributed by atoms with E-state index in [0.29, 0.717) is 25.9 Å².